The van der Waals surface area contributed by atoms with Crippen molar-refractivity contribution >= 4 is 11.9 Å². The van der Waals surface area contributed by atoms with Crippen molar-refractivity contribution in [2.45, 2.75) is 122 Å². The first-order valence-electron chi connectivity index (χ1n) is 14.9. The normalized spacial score (nSPS) is 47.4. The Kier molecular flexibility index (Phi) is 7.26. The Morgan fingerprint density at radius 3 is 2.42 bits per heavy atom. The Morgan fingerprint density at radius 2 is 1.67 bits per heavy atom. The largest absolute Gasteiger partial charge is 0.480 e. The Hall–Kier alpha value is -1.14. The molecule has 11 atom stereocenters. The molecule has 4 saturated carbocycles. The summed E-state index contributed by atoms with van der Waals surface area (Å²) in [5, 5.41) is 31.3. The number of nitrogens with zero attached hydrogens (tertiary/aromatic N) is 1. The van der Waals surface area contributed by atoms with E-state index < -0.39 is 12.0 Å². The van der Waals surface area contributed by atoms with Crippen LogP contribution in [-0.4, -0.2) is 56.9 Å². The number of aliphatic carboxylic acids is 1. The van der Waals surface area contributed by atoms with E-state index in [0.29, 0.717) is 54.9 Å². The third kappa shape index (κ3) is 4.32. The molecule has 36 heavy (non-hydrogen) atoms. The van der Waals surface area contributed by atoms with Crippen molar-refractivity contribution in [2.75, 3.05) is 6.54 Å². The second-order valence-electron chi connectivity index (χ2n) is 13.9. The number of likely N-dealkylation sites (tertiary alicyclic amines) is 1. The summed E-state index contributed by atoms with van der Waals surface area (Å²) in [6.07, 6.45) is 11.6. The molecule has 0 spiro atoms. The molecule has 0 aromatic heterocycles. The van der Waals surface area contributed by atoms with E-state index in [-0.39, 0.29) is 28.9 Å². The van der Waals surface area contributed by atoms with Gasteiger partial charge in [-0.2, -0.15) is 0 Å². The fraction of sp³-hybridized carbons (Fsp3) is 0.933. The number of hydrogen-bond donors (Lipinski definition) is 3. The summed E-state index contributed by atoms with van der Waals surface area (Å²) >= 11 is 0. The number of carboxylic acids is 1. The molecule has 1 aliphatic heterocycles. The van der Waals surface area contributed by atoms with Crippen molar-refractivity contribution in [1.82, 2.24) is 4.90 Å². The monoisotopic (exact) mass is 503 g/mol. The zero-order valence-corrected chi connectivity index (χ0v) is 22.7. The quantitative estimate of drug-likeness (QED) is 0.498. The highest BCUT2D eigenvalue weighted by Crippen LogP contribution is 2.68. The van der Waals surface area contributed by atoms with Gasteiger partial charge in [-0.1, -0.05) is 20.8 Å². The fourth-order valence-electron chi connectivity index (χ4n) is 10.4. The van der Waals surface area contributed by atoms with Gasteiger partial charge in [0, 0.05) is 13.0 Å². The lowest BCUT2D eigenvalue weighted by molar-refractivity contribution is -0.174. The highest BCUT2D eigenvalue weighted by Gasteiger charge is 2.62. The Labute approximate surface area is 217 Å². The third-order valence-electron chi connectivity index (χ3n) is 12.3. The lowest BCUT2D eigenvalue weighted by Crippen LogP contribution is -2.58. The van der Waals surface area contributed by atoms with Crippen LogP contribution in [0, 0.1) is 46.3 Å². The van der Waals surface area contributed by atoms with Crippen LogP contribution in [0.15, 0.2) is 0 Å². The molecule has 0 radical (unpaired) electrons. The number of carbonyl (C=O) groups is 2. The van der Waals surface area contributed by atoms with Gasteiger partial charge < -0.3 is 20.2 Å². The minimum atomic E-state index is -0.867. The number of rotatable bonds is 5. The second kappa shape index (κ2) is 9.87. The summed E-state index contributed by atoms with van der Waals surface area (Å²) in [6.45, 7) is 7.81. The first kappa shape index (κ1) is 26.5. The van der Waals surface area contributed by atoms with Gasteiger partial charge in [-0.25, -0.2) is 4.79 Å². The van der Waals surface area contributed by atoms with Crippen molar-refractivity contribution in [3.8, 4) is 0 Å². The Balaban J connectivity index is 1.25. The highest BCUT2D eigenvalue weighted by molar-refractivity contribution is 5.83. The Morgan fingerprint density at radius 1 is 0.944 bits per heavy atom. The predicted octanol–water partition coefficient (Wildman–Crippen LogP) is 4.86. The summed E-state index contributed by atoms with van der Waals surface area (Å²) < 4.78 is 0. The number of carboxylic acid groups (broad SMARTS) is 1. The van der Waals surface area contributed by atoms with Gasteiger partial charge in [0.1, 0.15) is 6.04 Å². The molecule has 1 heterocycles. The first-order chi connectivity index (χ1) is 17.1. The van der Waals surface area contributed by atoms with Crippen LogP contribution in [0.3, 0.4) is 0 Å². The molecule has 0 aromatic carbocycles. The molecule has 6 heteroatoms. The van der Waals surface area contributed by atoms with Crippen LogP contribution in [0.1, 0.15) is 104 Å². The lowest BCUT2D eigenvalue weighted by Gasteiger charge is -2.62. The summed E-state index contributed by atoms with van der Waals surface area (Å²) in [5.74, 6) is 2.02. The van der Waals surface area contributed by atoms with E-state index in [1.165, 1.54) is 25.7 Å². The van der Waals surface area contributed by atoms with Gasteiger partial charge in [0.2, 0.25) is 5.91 Å². The van der Waals surface area contributed by atoms with Gasteiger partial charge in [-0.05, 0) is 123 Å². The summed E-state index contributed by atoms with van der Waals surface area (Å²) in [6, 6.07) is -0.649. The molecule has 4 aliphatic carbocycles. The molecule has 5 rings (SSSR count). The molecule has 6 nitrogen and oxygen atoms in total. The SMILES string of the molecule is C[C@H](CCC(=O)N1CCCCC1C(=O)O)[C@H]1CC[C@H]2[C@@H]3[C@@H](O)C[C@@H]4C[C@H](O)CC[C@]4(C)[C@H]3CC[C@]12C. The fourth-order valence-corrected chi connectivity index (χ4v) is 10.4. The van der Waals surface area contributed by atoms with Gasteiger partial charge in [-0.15, -0.1) is 0 Å². The maximum atomic E-state index is 13.0. The van der Waals surface area contributed by atoms with E-state index in [9.17, 15) is 24.9 Å². The molecule has 0 aromatic rings. The van der Waals surface area contributed by atoms with Crippen LogP contribution in [0.2, 0.25) is 0 Å². The first-order valence-corrected chi connectivity index (χ1v) is 14.9. The van der Waals surface area contributed by atoms with Crippen LogP contribution < -0.4 is 0 Å². The van der Waals surface area contributed by atoms with Crippen molar-refractivity contribution in [1.29, 1.82) is 0 Å². The number of hydrogen-bond acceptors (Lipinski definition) is 4. The van der Waals surface area contributed by atoms with E-state index in [2.05, 4.69) is 20.8 Å². The van der Waals surface area contributed by atoms with Crippen LogP contribution in [0.5, 0.6) is 0 Å². The van der Waals surface area contributed by atoms with Crippen molar-refractivity contribution in [3.63, 3.8) is 0 Å². The van der Waals surface area contributed by atoms with Gasteiger partial charge in [0.15, 0.2) is 0 Å². The van der Waals surface area contributed by atoms with E-state index in [1.54, 1.807) is 4.90 Å². The van der Waals surface area contributed by atoms with Crippen molar-refractivity contribution < 1.29 is 24.9 Å². The minimum absolute atomic E-state index is 0.0125. The number of aliphatic hydroxyl groups excluding tert-OH is 2. The maximum absolute atomic E-state index is 13.0. The van der Waals surface area contributed by atoms with Crippen molar-refractivity contribution in [3.05, 3.63) is 0 Å². The second-order valence-corrected chi connectivity index (χ2v) is 13.9. The van der Waals surface area contributed by atoms with Crippen LogP contribution in [0.4, 0.5) is 0 Å². The van der Waals surface area contributed by atoms with Gasteiger partial charge in [-0.3, -0.25) is 4.79 Å². The van der Waals surface area contributed by atoms with Crippen LogP contribution in [0.25, 0.3) is 0 Å². The third-order valence-corrected chi connectivity index (χ3v) is 12.3. The predicted molar refractivity (Wildman–Crippen MR) is 138 cm³/mol. The summed E-state index contributed by atoms with van der Waals surface area (Å²) in [4.78, 5) is 26.3. The summed E-state index contributed by atoms with van der Waals surface area (Å²) in [7, 11) is 0. The standard InChI is InChI=1S/C30H49NO5/c1-18(7-10-26(34)31-15-5-4-6-24(31)28(35)36)21-8-9-22-27-23(12-14-30(21,22)3)29(2)13-11-20(32)16-19(29)17-25(27)33/h18-25,27,32-33H,4-17H2,1-3H3,(H,35,36)/t18-,19+,20-,21-,22+,23+,24?,25+,27+,29+,30-/m1/s1. The lowest BCUT2D eigenvalue weighted by atomic mass is 9.43. The highest BCUT2D eigenvalue weighted by atomic mass is 16.4. The molecule has 1 saturated heterocycles. The number of aliphatic hydroxyl groups is 2. The van der Waals surface area contributed by atoms with E-state index in [4.69, 9.17) is 0 Å². The van der Waals surface area contributed by atoms with Gasteiger partial charge in [0.05, 0.1) is 12.2 Å². The number of carbonyl (C=O) groups excluding carboxylic acids is 1. The smallest absolute Gasteiger partial charge is 0.326 e. The molecule has 5 aliphatic rings. The number of amides is 1. The van der Waals surface area contributed by atoms with Crippen LogP contribution >= 0.6 is 0 Å². The summed E-state index contributed by atoms with van der Waals surface area (Å²) in [5.41, 5.74) is 0.451. The molecule has 1 unspecified atom stereocenters. The van der Waals surface area contributed by atoms with E-state index >= 15 is 0 Å². The minimum Gasteiger partial charge on any atom is -0.480 e. The average molecular weight is 504 g/mol. The molecule has 0 bridgehead atoms. The number of piperidine rings is 1. The maximum Gasteiger partial charge on any atom is 0.326 e. The average Bonchev–Trinajstić information content (AvgIpc) is 3.20. The molecular formula is C30H49NO5. The van der Waals surface area contributed by atoms with Crippen LogP contribution in [-0.2, 0) is 9.59 Å². The molecular weight excluding hydrogens is 454 g/mol. The molecule has 3 N–H and O–H groups in total. The van der Waals surface area contributed by atoms with Gasteiger partial charge in [0.25, 0.3) is 0 Å². The number of fused-ring (bicyclic) bond motifs is 5. The van der Waals surface area contributed by atoms with Gasteiger partial charge >= 0.3 is 5.97 Å². The van der Waals surface area contributed by atoms with E-state index in [0.717, 1.165) is 44.9 Å². The zero-order valence-electron chi connectivity index (χ0n) is 22.7. The molecule has 204 valence electrons. The van der Waals surface area contributed by atoms with E-state index in [1.807, 2.05) is 0 Å². The Bertz CT molecular complexity index is 847. The topological polar surface area (TPSA) is 98.1 Å². The zero-order chi connectivity index (χ0) is 25.8. The molecule has 5 fully saturated rings. The van der Waals surface area contributed by atoms with Crippen molar-refractivity contribution in [2.24, 2.45) is 46.3 Å². The molecule has 1 amide bonds.